The minimum Gasteiger partial charge on any atom is -0.373 e. The van der Waals surface area contributed by atoms with Gasteiger partial charge in [0.05, 0.1) is 18.9 Å². The predicted molar refractivity (Wildman–Crippen MR) is 73.6 cm³/mol. The van der Waals surface area contributed by atoms with E-state index in [9.17, 15) is 0 Å². The van der Waals surface area contributed by atoms with E-state index >= 15 is 0 Å². The molecule has 0 atom stereocenters. The first-order chi connectivity index (χ1) is 8.04. The number of nitrogens with zero attached hydrogens (tertiary/aromatic N) is 1. The van der Waals surface area contributed by atoms with Gasteiger partial charge in [0.15, 0.2) is 0 Å². The summed E-state index contributed by atoms with van der Waals surface area (Å²) in [5.41, 5.74) is 1.29. The van der Waals surface area contributed by atoms with Gasteiger partial charge in [-0.05, 0) is 13.0 Å². The summed E-state index contributed by atoms with van der Waals surface area (Å²) in [6, 6.07) is 0. The van der Waals surface area contributed by atoms with Crippen LogP contribution in [0.3, 0.4) is 0 Å². The second-order valence-electron chi connectivity index (χ2n) is 5.18. The molecule has 1 N–H and O–H groups in total. The van der Waals surface area contributed by atoms with Crippen LogP contribution in [0.2, 0.25) is 0 Å². The van der Waals surface area contributed by atoms with E-state index in [-0.39, 0.29) is 5.41 Å². The largest absolute Gasteiger partial charge is 0.373 e. The van der Waals surface area contributed by atoms with Crippen molar-refractivity contribution < 1.29 is 4.74 Å². The van der Waals surface area contributed by atoms with Crippen LogP contribution in [0.4, 0.5) is 0 Å². The molecule has 0 fully saturated rings. The zero-order chi connectivity index (χ0) is 12.7. The van der Waals surface area contributed by atoms with Crippen molar-refractivity contribution in [3.05, 3.63) is 16.1 Å². The Morgan fingerprint density at radius 2 is 2.12 bits per heavy atom. The molecule has 1 heterocycles. The van der Waals surface area contributed by atoms with Crippen molar-refractivity contribution in [1.82, 2.24) is 10.3 Å². The molecule has 0 aliphatic carbocycles. The fourth-order valence-electron chi connectivity index (χ4n) is 1.33. The Morgan fingerprint density at radius 1 is 1.35 bits per heavy atom. The van der Waals surface area contributed by atoms with Crippen LogP contribution in [0, 0.1) is 0 Å². The van der Waals surface area contributed by atoms with Crippen LogP contribution in [0.25, 0.3) is 0 Å². The standard InChI is InChI=1S/C13H24N2OS/c1-5-6-14-7-8-16-9-12-15-11(10-17-12)13(2,3)4/h10,14H,5-9H2,1-4H3. The fraction of sp³-hybridized carbons (Fsp3) is 0.769. The highest BCUT2D eigenvalue weighted by Crippen LogP contribution is 2.23. The number of hydrogen-bond acceptors (Lipinski definition) is 4. The Bertz CT molecular complexity index is 317. The molecule has 98 valence electrons. The van der Waals surface area contributed by atoms with Crippen LogP contribution in [0.1, 0.15) is 44.8 Å². The second kappa shape index (κ2) is 7.09. The van der Waals surface area contributed by atoms with Crippen molar-refractivity contribution in [2.75, 3.05) is 19.7 Å². The highest BCUT2D eigenvalue weighted by Gasteiger charge is 2.17. The average Bonchev–Trinajstić information content (AvgIpc) is 2.71. The number of hydrogen-bond donors (Lipinski definition) is 1. The van der Waals surface area contributed by atoms with Crippen molar-refractivity contribution in [3.8, 4) is 0 Å². The van der Waals surface area contributed by atoms with E-state index in [4.69, 9.17) is 4.74 Å². The monoisotopic (exact) mass is 256 g/mol. The molecule has 0 aromatic carbocycles. The van der Waals surface area contributed by atoms with Gasteiger partial charge in [0.25, 0.3) is 0 Å². The molecule has 3 nitrogen and oxygen atoms in total. The summed E-state index contributed by atoms with van der Waals surface area (Å²) in [5, 5.41) is 6.52. The summed E-state index contributed by atoms with van der Waals surface area (Å²) in [5.74, 6) is 0. The maximum atomic E-state index is 5.58. The van der Waals surface area contributed by atoms with Crippen LogP contribution in [0.15, 0.2) is 5.38 Å². The molecule has 0 saturated heterocycles. The first-order valence-electron chi connectivity index (χ1n) is 6.27. The Labute approximate surface area is 109 Å². The molecule has 1 aromatic rings. The van der Waals surface area contributed by atoms with E-state index in [1.165, 1.54) is 6.42 Å². The third kappa shape index (κ3) is 5.61. The Morgan fingerprint density at radius 3 is 2.71 bits per heavy atom. The smallest absolute Gasteiger partial charge is 0.119 e. The third-order valence-corrected chi connectivity index (χ3v) is 3.22. The molecule has 1 rings (SSSR count). The van der Waals surface area contributed by atoms with Gasteiger partial charge in [-0.15, -0.1) is 11.3 Å². The Hall–Kier alpha value is -0.450. The molecule has 0 bridgehead atoms. The minimum absolute atomic E-state index is 0.136. The lowest BCUT2D eigenvalue weighted by Crippen LogP contribution is -2.20. The molecule has 0 saturated carbocycles. The fourth-order valence-corrected chi connectivity index (χ4v) is 2.28. The summed E-state index contributed by atoms with van der Waals surface area (Å²) < 4.78 is 5.58. The number of thiazole rings is 1. The van der Waals surface area contributed by atoms with Gasteiger partial charge in [0, 0.05) is 17.3 Å². The van der Waals surface area contributed by atoms with Crippen molar-refractivity contribution in [2.24, 2.45) is 0 Å². The van der Waals surface area contributed by atoms with Crippen molar-refractivity contribution in [1.29, 1.82) is 0 Å². The molecule has 17 heavy (non-hydrogen) atoms. The van der Waals surface area contributed by atoms with E-state index in [2.05, 4.69) is 43.4 Å². The first kappa shape index (κ1) is 14.6. The molecule has 0 amide bonds. The molecule has 0 unspecified atom stereocenters. The third-order valence-electron chi connectivity index (χ3n) is 2.40. The number of rotatable bonds is 7. The van der Waals surface area contributed by atoms with Crippen molar-refractivity contribution >= 4 is 11.3 Å². The van der Waals surface area contributed by atoms with Gasteiger partial charge in [0.1, 0.15) is 5.01 Å². The van der Waals surface area contributed by atoms with Crippen LogP contribution in [0.5, 0.6) is 0 Å². The van der Waals surface area contributed by atoms with Gasteiger partial charge in [-0.1, -0.05) is 27.7 Å². The second-order valence-corrected chi connectivity index (χ2v) is 6.12. The summed E-state index contributed by atoms with van der Waals surface area (Å²) in [6.45, 7) is 12.1. The van der Waals surface area contributed by atoms with Gasteiger partial charge >= 0.3 is 0 Å². The Kier molecular flexibility index (Phi) is 6.09. The number of nitrogens with one attached hydrogen (secondary N) is 1. The topological polar surface area (TPSA) is 34.1 Å². The highest BCUT2D eigenvalue weighted by atomic mass is 32.1. The van der Waals surface area contributed by atoms with E-state index in [0.29, 0.717) is 6.61 Å². The number of aromatic nitrogens is 1. The zero-order valence-electron chi connectivity index (χ0n) is 11.4. The van der Waals surface area contributed by atoms with Crippen LogP contribution in [-0.2, 0) is 16.8 Å². The van der Waals surface area contributed by atoms with E-state index < -0.39 is 0 Å². The van der Waals surface area contributed by atoms with Gasteiger partial charge < -0.3 is 10.1 Å². The van der Waals surface area contributed by atoms with Gasteiger partial charge in [-0.3, -0.25) is 0 Å². The van der Waals surface area contributed by atoms with Crippen LogP contribution >= 0.6 is 11.3 Å². The Balaban J connectivity index is 2.21. The van der Waals surface area contributed by atoms with E-state index in [1.807, 2.05) is 0 Å². The highest BCUT2D eigenvalue weighted by molar-refractivity contribution is 7.09. The zero-order valence-corrected chi connectivity index (χ0v) is 12.2. The molecule has 0 aliphatic heterocycles. The molecule has 0 aliphatic rings. The first-order valence-corrected chi connectivity index (χ1v) is 7.15. The predicted octanol–water partition coefficient (Wildman–Crippen LogP) is 2.96. The van der Waals surface area contributed by atoms with Gasteiger partial charge in [-0.25, -0.2) is 4.98 Å². The number of ether oxygens (including phenoxy) is 1. The molecule has 4 heteroatoms. The molecular formula is C13H24N2OS. The van der Waals surface area contributed by atoms with E-state index in [1.54, 1.807) is 11.3 Å². The minimum atomic E-state index is 0.136. The summed E-state index contributed by atoms with van der Waals surface area (Å²) in [6.07, 6.45) is 1.17. The summed E-state index contributed by atoms with van der Waals surface area (Å²) >= 11 is 1.69. The summed E-state index contributed by atoms with van der Waals surface area (Å²) in [7, 11) is 0. The normalized spacial score (nSPS) is 12.0. The van der Waals surface area contributed by atoms with Crippen LogP contribution in [-0.4, -0.2) is 24.7 Å². The molecule has 0 spiro atoms. The van der Waals surface area contributed by atoms with Crippen LogP contribution < -0.4 is 5.32 Å². The maximum absolute atomic E-state index is 5.58. The summed E-state index contributed by atoms with van der Waals surface area (Å²) in [4.78, 5) is 4.59. The maximum Gasteiger partial charge on any atom is 0.119 e. The van der Waals surface area contributed by atoms with E-state index in [0.717, 1.165) is 30.4 Å². The molecular weight excluding hydrogens is 232 g/mol. The van der Waals surface area contributed by atoms with Gasteiger partial charge in [0.2, 0.25) is 0 Å². The SMILES string of the molecule is CCCNCCOCc1nc(C(C)(C)C)cs1. The van der Waals surface area contributed by atoms with Crippen molar-refractivity contribution in [2.45, 2.75) is 46.1 Å². The lowest BCUT2D eigenvalue weighted by atomic mass is 9.93. The molecule has 1 aromatic heterocycles. The lowest BCUT2D eigenvalue weighted by molar-refractivity contribution is 0.122. The molecule has 0 radical (unpaired) electrons. The van der Waals surface area contributed by atoms with Gasteiger partial charge in [-0.2, -0.15) is 0 Å². The average molecular weight is 256 g/mol. The lowest BCUT2D eigenvalue weighted by Gasteiger charge is -2.14. The van der Waals surface area contributed by atoms with Crippen molar-refractivity contribution in [3.63, 3.8) is 0 Å². The quantitative estimate of drug-likeness (QED) is 0.762.